The number of hydrogen-bond donors (Lipinski definition) is 0. The highest BCUT2D eigenvalue weighted by molar-refractivity contribution is 6.00. The van der Waals surface area contributed by atoms with E-state index in [2.05, 4.69) is 10.1 Å². The topological polar surface area (TPSA) is 110 Å². The Morgan fingerprint density at radius 2 is 2.03 bits per heavy atom. The van der Waals surface area contributed by atoms with Gasteiger partial charge < -0.3 is 14.4 Å². The zero-order chi connectivity index (χ0) is 21.5. The van der Waals surface area contributed by atoms with Gasteiger partial charge in [0.15, 0.2) is 12.3 Å². The molecule has 0 N–H and O–H groups in total. The van der Waals surface area contributed by atoms with Crippen molar-refractivity contribution < 1.29 is 19.1 Å². The average Bonchev–Trinajstić information content (AvgIpc) is 3.09. The van der Waals surface area contributed by atoms with Crippen molar-refractivity contribution in [1.82, 2.24) is 14.6 Å². The number of nitriles is 1. The fraction of sp³-hybridized carbons (Fsp3) is 0.286. The Balaban J connectivity index is 1.73. The monoisotopic (exact) mass is 407 g/mol. The van der Waals surface area contributed by atoms with Gasteiger partial charge in [-0.1, -0.05) is 0 Å². The van der Waals surface area contributed by atoms with Crippen LogP contribution in [-0.2, 0) is 9.53 Å². The Morgan fingerprint density at radius 3 is 2.73 bits per heavy atom. The summed E-state index contributed by atoms with van der Waals surface area (Å²) in [6.07, 6.45) is 3.37. The number of benzene rings is 1. The van der Waals surface area contributed by atoms with Crippen molar-refractivity contribution in [3.05, 3.63) is 54.0 Å². The van der Waals surface area contributed by atoms with Gasteiger partial charge >= 0.3 is 5.97 Å². The number of carbonyl (C=O) groups is 2. The van der Waals surface area contributed by atoms with Crippen LogP contribution in [0.3, 0.4) is 0 Å². The van der Waals surface area contributed by atoms with Crippen molar-refractivity contribution in [1.29, 1.82) is 5.26 Å². The summed E-state index contributed by atoms with van der Waals surface area (Å²) >= 11 is 0. The molecule has 0 bridgehead atoms. The van der Waals surface area contributed by atoms with E-state index in [1.54, 1.807) is 49.6 Å². The maximum atomic E-state index is 12.8. The summed E-state index contributed by atoms with van der Waals surface area (Å²) in [5.41, 5.74) is 1.62. The molecule has 2 aromatic heterocycles. The van der Waals surface area contributed by atoms with Gasteiger partial charge in [-0.15, -0.1) is 0 Å². The second kappa shape index (κ2) is 9.52. The lowest BCUT2D eigenvalue weighted by atomic mass is 10.2. The van der Waals surface area contributed by atoms with Gasteiger partial charge in [0.1, 0.15) is 11.3 Å². The Kier molecular flexibility index (Phi) is 6.60. The number of amides is 1. The highest BCUT2D eigenvalue weighted by atomic mass is 16.5. The summed E-state index contributed by atoms with van der Waals surface area (Å²) in [7, 11) is 0. The van der Waals surface area contributed by atoms with Crippen LogP contribution in [-0.4, -0.2) is 46.2 Å². The fourth-order valence-electron chi connectivity index (χ4n) is 2.96. The molecule has 3 rings (SSSR count). The maximum Gasteiger partial charge on any atom is 0.344 e. The van der Waals surface area contributed by atoms with E-state index >= 15 is 0 Å². The van der Waals surface area contributed by atoms with Gasteiger partial charge in [0, 0.05) is 24.6 Å². The van der Waals surface area contributed by atoms with E-state index in [9.17, 15) is 9.59 Å². The first kappa shape index (κ1) is 20.8. The summed E-state index contributed by atoms with van der Waals surface area (Å²) in [6, 6.07) is 10.7. The number of rotatable bonds is 8. The molecule has 9 nitrogen and oxygen atoms in total. The summed E-state index contributed by atoms with van der Waals surface area (Å²) in [5.74, 6) is -0.442. The number of anilines is 1. The standard InChI is InChI=1S/C21H21N5O4/c1-3-29-17-8-6-16(7-9-17)25(12-4-10-22)18(27)14-30-21(28)19-15(2)24-26-13-5-11-23-20(19)26/h5-9,11,13H,3-4,12,14H2,1-2H3. The van der Waals surface area contributed by atoms with E-state index in [4.69, 9.17) is 14.7 Å². The SMILES string of the molecule is CCOc1ccc(N(CCC#N)C(=O)COC(=O)c2c(C)nn3cccnc23)cc1. The fourth-order valence-corrected chi connectivity index (χ4v) is 2.96. The average molecular weight is 407 g/mol. The number of aryl methyl sites for hydroxylation is 1. The number of aromatic nitrogens is 3. The molecule has 0 saturated heterocycles. The number of ether oxygens (including phenoxy) is 2. The van der Waals surface area contributed by atoms with Crippen molar-refractivity contribution in [2.45, 2.75) is 20.3 Å². The minimum atomic E-state index is -0.679. The van der Waals surface area contributed by atoms with Crippen LogP contribution in [0.15, 0.2) is 42.7 Å². The van der Waals surface area contributed by atoms with Crippen molar-refractivity contribution in [3.63, 3.8) is 0 Å². The van der Waals surface area contributed by atoms with Gasteiger partial charge in [0.25, 0.3) is 5.91 Å². The number of carbonyl (C=O) groups excluding carboxylic acids is 2. The predicted molar refractivity (Wildman–Crippen MR) is 108 cm³/mol. The number of hydrogen-bond acceptors (Lipinski definition) is 7. The van der Waals surface area contributed by atoms with Gasteiger partial charge in [-0.2, -0.15) is 10.4 Å². The number of nitrogens with zero attached hydrogens (tertiary/aromatic N) is 5. The molecule has 0 radical (unpaired) electrons. The molecule has 0 unspecified atom stereocenters. The summed E-state index contributed by atoms with van der Waals surface area (Å²) < 4.78 is 12.1. The molecular formula is C21H21N5O4. The third kappa shape index (κ3) is 4.55. The van der Waals surface area contributed by atoms with Crippen molar-refractivity contribution in [3.8, 4) is 11.8 Å². The Hall–Kier alpha value is -3.93. The van der Waals surface area contributed by atoms with Gasteiger partial charge in [0.05, 0.1) is 24.8 Å². The minimum absolute atomic E-state index is 0.143. The molecule has 2 heterocycles. The molecule has 0 aliphatic rings. The van der Waals surface area contributed by atoms with E-state index < -0.39 is 18.5 Å². The van der Waals surface area contributed by atoms with E-state index in [0.717, 1.165) is 0 Å². The first-order valence-electron chi connectivity index (χ1n) is 9.42. The second-order valence-electron chi connectivity index (χ2n) is 6.30. The molecule has 154 valence electrons. The van der Waals surface area contributed by atoms with Crippen molar-refractivity contribution in [2.75, 3.05) is 24.7 Å². The first-order valence-corrected chi connectivity index (χ1v) is 9.42. The summed E-state index contributed by atoms with van der Waals surface area (Å²) in [6.45, 7) is 3.79. The molecule has 0 aliphatic heterocycles. The van der Waals surface area contributed by atoms with E-state index in [1.807, 2.05) is 13.0 Å². The molecular weight excluding hydrogens is 386 g/mol. The highest BCUT2D eigenvalue weighted by Gasteiger charge is 2.22. The smallest absolute Gasteiger partial charge is 0.344 e. The van der Waals surface area contributed by atoms with Crippen LogP contribution in [0, 0.1) is 18.3 Å². The molecule has 0 fully saturated rings. The summed E-state index contributed by atoms with van der Waals surface area (Å²) in [5, 5.41) is 13.1. The van der Waals surface area contributed by atoms with E-state index in [-0.39, 0.29) is 18.5 Å². The second-order valence-corrected chi connectivity index (χ2v) is 6.30. The third-order valence-corrected chi connectivity index (χ3v) is 4.31. The molecule has 1 amide bonds. The van der Waals surface area contributed by atoms with E-state index in [0.29, 0.717) is 29.4 Å². The van der Waals surface area contributed by atoms with Crippen LogP contribution < -0.4 is 9.64 Å². The number of fused-ring (bicyclic) bond motifs is 1. The lowest BCUT2D eigenvalue weighted by Gasteiger charge is -2.22. The van der Waals surface area contributed by atoms with Crippen LogP contribution in [0.1, 0.15) is 29.4 Å². The molecule has 3 aromatic rings. The molecule has 1 aromatic carbocycles. The van der Waals surface area contributed by atoms with Gasteiger partial charge in [0.2, 0.25) is 0 Å². The largest absolute Gasteiger partial charge is 0.494 e. The molecule has 0 spiro atoms. The zero-order valence-electron chi connectivity index (χ0n) is 16.7. The first-order chi connectivity index (χ1) is 14.5. The minimum Gasteiger partial charge on any atom is -0.494 e. The van der Waals surface area contributed by atoms with Gasteiger partial charge in [-0.05, 0) is 44.2 Å². The quantitative estimate of drug-likeness (QED) is 0.528. The van der Waals surface area contributed by atoms with Crippen LogP contribution in [0.25, 0.3) is 5.65 Å². The van der Waals surface area contributed by atoms with Crippen LogP contribution in [0.2, 0.25) is 0 Å². The molecule has 30 heavy (non-hydrogen) atoms. The van der Waals surface area contributed by atoms with Crippen LogP contribution in [0.4, 0.5) is 5.69 Å². The lowest BCUT2D eigenvalue weighted by molar-refractivity contribution is -0.121. The van der Waals surface area contributed by atoms with Crippen molar-refractivity contribution >= 4 is 23.2 Å². The van der Waals surface area contributed by atoms with Crippen LogP contribution >= 0.6 is 0 Å². The predicted octanol–water partition coefficient (Wildman–Crippen LogP) is 2.54. The zero-order valence-corrected chi connectivity index (χ0v) is 16.7. The number of esters is 1. The molecule has 9 heteroatoms. The van der Waals surface area contributed by atoms with Gasteiger partial charge in [-0.3, -0.25) is 4.79 Å². The highest BCUT2D eigenvalue weighted by Crippen LogP contribution is 2.20. The van der Waals surface area contributed by atoms with E-state index in [1.165, 1.54) is 9.42 Å². The van der Waals surface area contributed by atoms with Crippen LogP contribution in [0.5, 0.6) is 5.75 Å². The Bertz CT molecular complexity index is 1080. The Morgan fingerprint density at radius 1 is 1.27 bits per heavy atom. The molecule has 0 aliphatic carbocycles. The normalized spacial score (nSPS) is 10.4. The molecule has 0 atom stereocenters. The Labute approximate surface area is 173 Å². The summed E-state index contributed by atoms with van der Waals surface area (Å²) in [4.78, 5) is 30.9. The van der Waals surface area contributed by atoms with Gasteiger partial charge in [-0.25, -0.2) is 14.3 Å². The molecule has 0 saturated carbocycles. The maximum absolute atomic E-state index is 12.8. The third-order valence-electron chi connectivity index (χ3n) is 4.31. The van der Waals surface area contributed by atoms with Crippen molar-refractivity contribution in [2.24, 2.45) is 0 Å². The lowest BCUT2D eigenvalue weighted by Crippen LogP contribution is -2.35.